The fraction of sp³-hybridized carbons (Fsp3) is 0.0588. The lowest BCUT2D eigenvalue weighted by Gasteiger charge is -2.04. The largest absolute Gasteiger partial charge is 0.416 e. The van der Waals surface area contributed by atoms with Crippen molar-refractivity contribution < 1.29 is 17.6 Å². The quantitative estimate of drug-likeness (QED) is 0.513. The molecule has 4 rings (SSSR count). The number of hydrogen-bond acceptors (Lipinski definition) is 2. The van der Waals surface area contributed by atoms with Gasteiger partial charge in [0, 0.05) is 5.56 Å². The molecule has 0 unspecified atom stereocenters. The van der Waals surface area contributed by atoms with Crippen LogP contribution in [0.2, 0.25) is 0 Å². The summed E-state index contributed by atoms with van der Waals surface area (Å²) in [6.07, 6.45) is -4.42. The molecular weight excluding hydrogens is 336 g/mol. The van der Waals surface area contributed by atoms with Gasteiger partial charge in [-0.05, 0) is 48.5 Å². The van der Waals surface area contributed by atoms with Crippen LogP contribution in [0.25, 0.3) is 33.8 Å². The van der Waals surface area contributed by atoms with E-state index in [1.165, 1.54) is 18.2 Å². The van der Waals surface area contributed by atoms with Crippen molar-refractivity contribution in [2.45, 2.75) is 6.18 Å². The fourth-order valence-corrected chi connectivity index (χ4v) is 2.52. The lowest BCUT2D eigenvalue weighted by Crippen LogP contribution is -2.04. The molecule has 2 N–H and O–H groups in total. The number of nitrogens with zero attached hydrogens (tertiary/aromatic N) is 2. The number of nitrogens with one attached hydrogen (secondary N) is 2. The molecule has 0 saturated carbocycles. The highest BCUT2D eigenvalue weighted by atomic mass is 19.4. The molecule has 4 nitrogen and oxygen atoms in total. The minimum Gasteiger partial charge on any atom is -0.337 e. The van der Waals surface area contributed by atoms with Gasteiger partial charge in [0.15, 0.2) is 5.82 Å². The summed E-state index contributed by atoms with van der Waals surface area (Å²) in [5.74, 6) is 0.0208. The van der Waals surface area contributed by atoms with Gasteiger partial charge in [0.25, 0.3) is 0 Å². The van der Waals surface area contributed by atoms with Gasteiger partial charge in [-0.3, -0.25) is 5.10 Å². The van der Waals surface area contributed by atoms with Crippen LogP contribution in [-0.4, -0.2) is 20.2 Å². The van der Waals surface area contributed by atoms with Crippen LogP contribution in [0.5, 0.6) is 0 Å². The number of alkyl halides is 3. The standard InChI is InChI=1S/C17H10F4N4/c18-11-4-1-9(2-5-11)13-8-15(25-24-13)16-22-12-6-3-10(17(19,20)21)7-14(12)23-16/h1-8H,(H,22,23)(H,24,25). The van der Waals surface area contributed by atoms with Crippen molar-refractivity contribution in [1.82, 2.24) is 20.2 Å². The van der Waals surface area contributed by atoms with Crippen LogP contribution in [-0.2, 0) is 6.18 Å². The van der Waals surface area contributed by atoms with Crippen molar-refractivity contribution in [2.75, 3.05) is 0 Å². The van der Waals surface area contributed by atoms with Gasteiger partial charge in [-0.1, -0.05) is 0 Å². The SMILES string of the molecule is Fc1ccc(-c2cc(-c3nc4cc(C(F)(F)F)ccc4[nH]3)[nH]n2)cc1. The van der Waals surface area contributed by atoms with Crippen molar-refractivity contribution in [3.05, 3.63) is 59.9 Å². The van der Waals surface area contributed by atoms with E-state index in [-0.39, 0.29) is 11.3 Å². The zero-order valence-electron chi connectivity index (χ0n) is 12.5. The molecule has 0 aliphatic rings. The third-order valence-electron chi connectivity index (χ3n) is 3.78. The summed E-state index contributed by atoms with van der Waals surface area (Å²) in [7, 11) is 0. The molecular formula is C17H10F4N4. The average Bonchev–Trinajstić information content (AvgIpc) is 3.20. The lowest BCUT2D eigenvalue weighted by atomic mass is 10.1. The number of H-pyrrole nitrogens is 2. The highest BCUT2D eigenvalue weighted by Crippen LogP contribution is 2.32. The van der Waals surface area contributed by atoms with Crippen LogP contribution in [0.4, 0.5) is 17.6 Å². The number of hydrogen-bond donors (Lipinski definition) is 2. The van der Waals surface area contributed by atoms with E-state index in [0.717, 1.165) is 12.1 Å². The van der Waals surface area contributed by atoms with Gasteiger partial charge in [0.05, 0.1) is 22.3 Å². The minimum atomic E-state index is -4.42. The predicted molar refractivity (Wildman–Crippen MR) is 84.1 cm³/mol. The number of halogens is 4. The predicted octanol–water partition coefficient (Wildman–Crippen LogP) is 4.78. The van der Waals surface area contributed by atoms with Gasteiger partial charge in [-0.25, -0.2) is 9.37 Å². The number of rotatable bonds is 2. The van der Waals surface area contributed by atoms with E-state index in [2.05, 4.69) is 20.2 Å². The highest BCUT2D eigenvalue weighted by Gasteiger charge is 2.30. The molecule has 2 heterocycles. The van der Waals surface area contributed by atoms with Crippen molar-refractivity contribution in [3.8, 4) is 22.8 Å². The molecule has 0 spiro atoms. The Bertz CT molecular complexity index is 1040. The smallest absolute Gasteiger partial charge is 0.337 e. The van der Waals surface area contributed by atoms with Gasteiger partial charge >= 0.3 is 6.18 Å². The van der Waals surface area contributed by atoms with E-state index in [4.69, 9.17) is 0 Å². The third kappa shape index (κ3) is 2.86. The summed E-state index contributed by atoms with van der Waals surface area (Å²) in [5, 5.41) is 6.91. The van der Waals surface area contributed by atoms with Crippen LogP contribution >= 0.6 is 0 Å². The second kappa shape index (κ2) is 5.44. The van der Waals surface area contributed by atoms with Gasteiger partial charge < -0.3 is 4.98 Å². The van der Waals surface area contributed by atoms with Crippen LogP contribution in [0, 0.1) is 5.82 Å². The minimum absolute atomic E-state index is 0.211. The number of aromatic nitrogens is 4. The first-order valence-corrected chi connectivity index (χ1v) is 7.29. The van der Waals surface area contributed by atoms with Gasteiger partial charge in [0.2, 0.25) is 0 Å². The molecule has 0 radical (unpaired) electrons. The highest BCUT2D eigenvalue weighted by molar-refractivity contribution is 5.80. The molecule has 0 aliphatic carbocycles. The Morgan fingerprint density at radius 3 is 2.40 bits per heavy atom. The van der Waals surface area contributed by atoms with Crippen LogP contribution < -0.4 is 0 Å². The number of imidazole rings is 1. The fourth-order valence-electron chi connectivity index (χ4n) is 2.52. The van der Waals surface area contributed by atoms with E-state index < -0.39 is 11.7 Å². The van der Waals surface area contributed by atoms with Crippen LogP contribution in [0.1, 0.15) is 5.56 Å². The molecule has 126 valence electrons. The molecule has 0 fully saturated rings. The Labute approximate surface area is 138 Å². The Morgan fingerprint density at radius 2 is 1.68 bits per heavy atom. The summed E-state index contributed by atoms with van der Waals surface area (Å²) in [5.41, 5.74) is 1.74. The van der Waals surface area contributed by atoms with Crippen molar-refractivity contribution >= 4 is 11.0 Å². The Kier molecular flexibility index (Phi) is 3.34. The average molecular weight is 346 g/mol. The maximum atomic E-state index is 13.0. The monoisotopic (exact) mass is 346 g/mol. The second-order valence-electron chi connectivity index (χ2n) is 5.49. The third-order valence-corrected chi connectivity index (χ3v) is 3.78. The van der Waals surface area contributed by atoms with E-state index >= 15 is 0 Å². The summed E-state index contributed by atoms with van der Waals surface area (Å²) in [6, 6.07) is 10.8. The summed E-state index contributed by atoms with van der Waals surface area (Å²) in [6.45, 7) is 0. The van der Waals surface area contributed by atoms with E-state index in [9.17, 15) is 17.6 Å². The Hall–Kier alpha value is -3.16. The normalized spacial score (nSPS) is 12.0. The Balaban J connectivity index is 1.71. The molecule has 2 aromatic carbocycles. The molecule has 25 heavy (non-hydrogen) atoms. The number of fused-ring (bicyclic) bond motifs is 1. The first kappa shape index (κ1) is 15.4. The lowest BCUT2D eigenvalue weighted by molar-refractivity contribution is -0.137. The molecule has 0 aliphatic heterocycles. The first-order chi connectivity index (χ1) is 11.9. The molecule has 0 bridgehead atoms. The topological polar surface area (TPSA) is 57.4 Å². The summed E-state index contributed by atoms with van der Waals surface area (Å²) >= 11 is 0. The van der Waals surface area contributed by atoms with Crippen molar-refractivity contribution in [1.29, 1.82) is 0 Å². The summed E-state index contributed by atoms with van der Waals surface area (Å²) < 4.78 is 51.3. The molecule has 0 amide bonds. The molecule has 0 saturated heterocycles. The van der Waals surface area contributed by atoms with E-state index in [1.54, 1.807) is 18.2 Å². The number of aromatic amines is 2. The van der Waals surface area contributed by atoms with Crippen LogP contribution in [0.3, 0.4) is 0 Å². The molecule has 8 heteroatoms. The second-order valence-corrected chi connectivity index (χ2v) is 5.49. The van der Waals surface area contributed by atoms with E-state index in [0.29, 0.717) is 28.3 Å². The maximum Gasteiger partial charge on any atom is 0.416 e. The Morgan fingerprint density at radius 1 is 0.920 bits per heavy atom. The van der Waals surface area contributed by atoms with Crippen LogP contribution in [0.15, 0.2) is 48.5 Å². The van der Waals surface area contributed by atoms with Gasteiger partial charge in [-0.2, -0.15) is 18.3 Å². The molecule has 0 atom stereocenters. The molecule has 4 aromatic rings. The number of benzene rings is 2. The maximum absolute atomic E-state index is 13.0. The summed E-state index contributed by atoms with van der Waals surface area (Å²) in [4.78, 5) is 7.15. The molecule has 2 aromatic heterocycles. The zero-order valence-corrected chi connectivity index (χ0v) is 12.5. The van der Waals surface area contributed by atoms with Gasteiger partial charge in [0.1, 0.15) is 11.5 Å². The zero-order chi connectivity index (χ0) is 17.6. The first-order valence-electron chi connectivity index (χ1n) is 7.29. The van der Waals surface area contributed by atoms with E-state index in [1.807, 2.05) is 0 Å². The van der Waals surface area contributed by atoms with Crippen molar-refractivity contribution in [3.63, 3.8) is 0 Å². The van der Waals surface area contributed by atoms with Crippen molar-refractivity contribution in [2.24, 2.45) is 0 Å². The van der Waals surface area contributed by atoms with Gasteiger partial charge in [-0.15, -0.1) is 0 Å².